The second-order valence-electron chi connectivity index (χ2n) is 16.2. The Morgan fingerprint density at radius 2 is 0.982 bits per heavy atom. The van der Waals surface area contributed by atoms with Crippen molar-refractivity contribution in [3.05, 3.63) is 84.0 Å². The molecule has 1 aromatic rings. The van der Waals surface area contributed by atoms with Gasteiger partial charge in [-0.05, 0) is 114 Å². The van der Waals surface area contributed by atoms with Gasteiger partial charge in [0.2, 0.25) is 0 Å². The number of likely N-dealkylation sites (tertiary alicyclic amines) is 1. The molecule has 1 fully saturated rings. The molecule has 1 aliphatic heterocycles. The third kappa shape index (κ3) is 31.8. The summed E-state index contributed by atoms with van der Waals surface area (Å²) in [4.78, 5) is 2.58. The first kappa shape index (κ1) is 49.2. The maximum Gasteiger partial charge on any atom is 0.0642 e. The van der Waals surface area contributed by atoms with Gasteiger partial charge in [0.1, 0.15) is 0 Å². The smallest absolute Gasteiger partial charge is 0.0642 e. The predicted molar refractivity (Wildman–Crippen MR) is 242 cm³/mol. The van der Waals surface area contributed by atoms with Crippen molar-refractivity contribution >= 4 is 0 Å². The molecule has 314 valence electrons. The van der Waals surface area contributed by atoms with Crippen LogP contribution in [-0.4, -0.2) is 50.5 Å². The standard InChI is InChI=1S/C51H88N2O2/c1-3-5-7-9-11-13-15-17-19-21-23-25-27-29-31-35-42-54-47-51(52-45-49-38-37-39-50(44-49)46-53-40-33-34-41-53)48-55-43-36-32-30-28-26-24-22-20-18-16-14-12-10-8-6-4-2/h11-14,17-20,37-39,44,51-52H,3-10,15-16,21-36,40-43,45-48H2,1-2H3/b13-11-,14-12-,19-17-,20-18-. The van der Waals surface area contributed by atoms with E-state index in [1.807, 2.05) is 0 Å². The molecule has 0 atom stereocenters. The van der Waals surface area contributed by atoms with Gasteiger partial charge in [0.15, 0.2) is 0 Å². The predicted octanol–water partition coefficient (Wildman–Crippen LogP) is 14.4. The van der Waals surface area contributed by atoms with Crippen molar-refractivity contribution < 1.29 is 9.47 Å². The Morgan fingerprint density at radius 3 is 1.47 bits per heavy atom. The molecule has 0 saturated carbocycles. The van der Waals surface area contributed by atoms with Gasteiger partial charge in [-0.3, -0.25) is 4.90 Å². The topological polar surface area (TPSA) is 33.7 Å². The Morgan fingerprint density at radius 1 is 0.545 bits per heavy atom. The number of allylic oxidation sites excluding steroid dienone is 8. The lowest BCUT2D eigenvalue weighted by molar-refractivity contribution is 0.0523. The summed E-state index contributed by atoms with van der Waals surface area (Å²) in [7, 11) is 0. The molecular weight excluding hydrogens is 673 g/mol. The van der Waals surface area contributed by atoms with E-state index in [-0.39, 0.29) is 6.04 Å². The zero-order chi connectivity index (χ0) is 39.0. The number of nitrogens with one attached hydrogen (secondary N) is 1. The molecule has 0 aliphatic carbocycles. The van der Waals surface area contributed by atoms with Crippen molar-refractivity contribution in [1.82, 2.24) is 10.2 Å². The molecule has 1 aliphatic rings. The van der Waals surface area contributed by atoms with Crippen LogP contribution in [-0.2, 0) is 22.6 Å². The van der Waals surface area contributed by atoms with Crippen LogP contribution in [0.5, 0.6) is 0 Å². The van der Waals surface area contributed by atoms with E-state index in [2.05, 4.69) is 96.9 Å². The number of hydrogen-bond acceptors (Lipinski definition) is 4. The number of nitrogens with zero attached hydrogens (tertiary/aromatic N) is 1. The van der Waals surface area contributed by atoms with Gasteiger partial charge in [0.25, 0.3) is 0 Å². The summed E-state index contributed by atoms with van der Waals surface area (Å²) in [6.45, 7) is 12.1. The van der Waals surface area contributed by atoms with Gasteiger partial charge in [-0.15, -0.1) is 0 Å². The number of unbranched alkanes of at least 4 members (excludes halogenated alkanes) is 18. The van der Waals surface area contributed by atoms with Gasteiger partial charge in [-0.25, -0.2) is 0 Å². The molecule has 0 aromatic heterocycles. The molecule has 0 bridgehead atoms. The summed E-state index contributed by atoms with van der Waals surface area (Å²) in [5.74, 6) is 0. The second kappa shape index (κ2) is 38.9. The van der Waals surface area contributed by atoms with Crippen LogP contribution in [0, 0.1) is 0 Å². The molecule has 0 radical (unpaired) electrons. The van der Waals surface area contributed by atoms with Gasteiger partial charge in [0.05, 0.1) is 19.3 Å². The summed E-state index contributed by atoms with van der Waals surface area (Å²) >= 11 is 0. The van der Waals surface area contributed by atoms with Crippen LogP contribution < -0.4 is 5.32 Å². The van der Waals surface area contributed by atoms with Crippen molar-refractivity contribution in [2.45, 2.75) is 200 Å². The molecule has 2 rings (SSSR count). The average Bonchev–Trinajstić information content (AvgIpc) is 3.72. The van der Waals surface area contributed by atoms with Crippen LogP contribution in [0.1, 0.15) is 192 Å². The van der Waals surface area contributed by atoms with Crippen molar-refractivity contribution in [2.75, 3.05) is 39.5 Å². The van der Waals surface area contributed by atoms with Crippen LogP contribution >= 0.6 is 0 Å². The van der Waals surface area contributed by atoms with Gasteiger partial charge in [-0.2, -0.15) is 0 Å². The van der Waals surface area contributed by atoms with Gasteiger partial charge >= 0.3 is 0 Å². The van der Waals surface area contributed by atoms with E-state index in [0.717, 1.165) is 65.2 Å². The Kier molecular flexibility index (Phi) is 34.8. The lowest BCUT2D eigenvalue weighted by Gasteiger charge is -2.20. The Hall–Kier alpha value is -1.98. The van der Waals surface area contributed by atoms with Crippen LogP contribution in [0.2, 0.25) is 0 Å². The van der Waals surface area contributed by atoms with Crippen LogP contribution in [0.25, 0.3) is 0 Å². The maximum atomic E-state index is 6.23. The Labute approximate surface area is 342 Å². The largest absolute Gasteiger partial charge is 0.380 e. The van der Waals surface area contributed by atoms with Gasteiger partial charge in [0, 0.05) is 26.3 Å². The fraction of sp³-hybridized carbons (Fsp3) is 0.725. The molecule has 1 aromatic carbocycles. The lowest BCUT2D eigenvalue weighted by atomic mass is 10.1. The minimum Gasteiger partial charge on any atom is -0.380 e. The Balaban J connectivity index is 1.56. The molecule has 4 nitrogen and oxygen atoms in total. The van der Waals surface area contributed by atoms with E-state index in [9.17, 15) is 0 Å². The molecule has 0 unspecified atom stereocenters. The zero-order valence-electron chi connectivity index (χ0n) is 36.3. The summed E-state index contributed by atoms with van der Waals surface area (Å²) < 4.78 is 12.5. The van der Waals surface area contributed by atoms with E-state index in [4.69, 9.17) is 9.47 Å². The fourth-order valence-electron chi connectivity index (χ4n) is 7.30. The summed E-state index contributed by atoms with van der Waals surface area (Å²) in [6.07, 6.45) is 52.1. The second-order valence-corrected chi connectivity index (χ2v) is 16.2. The quantitative estimate of drug-likeness (QED) is 0.0535. The number of benzene rings is 1. The number of ether oxygens (including phenoxy) is 2. The van der Waals surface area contributed by atoms with Crippen LogP contribution in [0.4, 0.5) is 0 Å². The first-order valence-electron chi connectivity index (χ1n) is 23.6. The third-order valence-electron chi connectivity index (χ3n) is 10.8. The van der Waals surface area contributed by atoms with Crippen molar-refractivity contribution in [3.63, 3.8) is 0 Å². The van der Waals surface area contributed by atoms with Crippen molar-refractivity contribution in [1.29, 1.82) is 0 Å². The van der Waals surface area contributed by atoms with E-state index in [1.54, 1.807) is 0 Å². The molecule has 55 heavy (non-hydrogen) atoms. The van der Waals surface area contributed by atoms with E-state index >= 15 is 0 Å². The summed E-state index contributed by atoms with van der Waals surface area (Å²) in [6, 6.07) is 9.37. The first-order chi connectivity index (χ1) is 27.3. The zero-order valence-corrected chi connectivity index (χ0v) is 36.3. The highest BCUT2D eigenvalue weighted by molar-refractivity contribution is 5.23. The van der Waals surface area contributed by atoms with Crippen LogP contribution in [0.3, 0.4) is 0 Å². The summed E-state index contributed by atoms with van der Waals surface area (Å²) in [5.41, 5.74) is 2.79. The van der Waals surface area contributed by atoms with Crippen LogP contribution in [0.15, 0.2) is 72.9 Å². The number of hydrogen-bond donors (Lipinski definition) is 1. The molecule has 0 amide bonds. The fourth-order valence-corrected chi connectivity index (χ4v) is 7.30. The minimum atomic E-state index is 0.219. The average molecular weight is 761 g/mol. The molecule has 1 N–H and O–H groups in total. The minimum absolute atomic E-state index is 0.219. The Bertz CT molecular complexity index is 1020. The van der Waals surface area contributed by atoms with Gasteiger partial charge in [-0.1, -0.05) is 164 Å². The molecule has 4 heteroatoms. The SMILES string of the molecule is CCCCC/C=C\C/C=C\CCCCCCCCOCC(COCCCCCCCC/C=C\C/C=C\CCCCC)NCc1cccc(CN2CCCC2)c1. The highest BCUT2D eigenvalue weighted by Gasteiger charge is 2.13. The maximum absolute atomic E-state index is 6.23. The molecule has 0 spiro atoms. The van der Waals surface area contributed by atoms with E-state index in [0.29, 0.717) is 0 Å². The first-order valence-corrected chi connectivity index (χ1v) is 23.6. The highest BCUT2D eigenvalue weighted by atomic mass is 16.5. The van der Waals surface area contributed by atoms with Gasteiger partial charge < -0.3 is 14.8 Å². The highest BCUT2D eigenvalue weighted by Crippen LogP contribution is 2.15. The molecule has 1 heterocycles. The van der Waals surface area contributed by atoms with Crippen molar-refractivity contribution in [2.24, 2.45) is 0 Å². The molecule has 1 saturated heterocycles. The third-order valence-corrected chi connectivity index (χ3v) is 10.8. The summed E-state index contributed by atoms with van der Waals surface area (Å²) in [5, 5.41) is 3.79. The lowest BCUT2D eigenvalue weighted by Crippen LogP contribution is -2.37. The van der Waals surface area contributed by atoms with Crippen molar-refractivity contribution in [3.8, 4) is 0 Å². The normalized spacial score (nSPS) is 14.1. The number of rotatable bonds is 39. The van der Waals surface area contributed by atoms with E-state index < -0.39 is 0 Å². The molecular formula is C51H88N2O2. The van der Waals surface area contributed by atoms with E-state index in [1.165, 1.54) is 165 Å². The monoisotopic (exact) mass is 761 g/mol.